The molecule has 0 unspecified atom stereocenters. The Balaban J connectivity index is 1.87. The number of anilines is 1. The van der Waals surface area contributed by atoms with Gasteiger partial charge in [0.1, 0.15) is 5.75 Å². The predicted molar refractivity (Wildman–Crippen MR) is 92.9 cm³/mol. The third-order valence-electron chi connectivity index (χ3n) is 3.68. The summed E-state index contributed by atoms with van der Waals surface area (Å²) >= 11 is 6.06. The first kappa shape index (κ1) is 17.2. The molecule has 5 heteroatoms. The fourth-order valence-corrected chi connectivity index (χ4v) is 2.47. The maximum Gasteiger partial charge on any atom is 0.337 e. The molecule has 0 atom stereocenters. The van der Waals surface area contributed by atoms with Crippen molar-refractivity contribution in [3.05, 3.63) is 58.1 Å². The fourth-order valence-electron chi connectivity index (χ4n) is 2.23. The molecule has 0 amide bonds. The van der Waals surface area contributed by atoms with Crippen molar-refractivity contribution in [1.82, 2.24) is 0 Å². The maximum absolute atomic E-state index is 11.2. The number of aryl methyl sites for hydroxylation is 1. The third-order valence-corrected chi connectivity index (χ3v) is 3.99. The van der Waals surface area contributed by atoms with Gasteiger partial charge in [0.05, 0.1) is 22.9 Å². The van der Waals surface area contributed by atoms with Gasteiger partial charge in [0.15, 0.2) is 0 Å². The second kappa shape index (κ2) is 7.88. The molecular weight excluding hydrogens is 314 g/mol. The van der Waals surface area contributed by atoms with Gasteiger partial charge in [-0.2, -0.15) is 0 Å². The molecule has 0 aliphatic carbocycles. The van der Waals surface area contributed by atoms with Crippen LogP contribution >= 0.6 is 11.6 Å². The van der Waals surface area contributed by atoms with Crippen LogP contribution in [0.3, 0.4) is 0 Å². The van der Waals surface area contributed by atoms with Gasteiger partial charge in [-0.15, -0.1) is 0 Å². The van der Waals surface area contributed by atoms with Crippen molar-refractivity contribution in [2.45, 2.75) is 20.3 Å². The van der Waals surface area contributed by atoms with Crippen molar-refractivity contribution in [2.24, 2.45) is 0 Å². The number of ether oxygens (including phenoxy) is 1. The standard InChI is InChI=1S/C18H20ClNO3/c1-12-6-3-9-16(13(12)2)23-11-5-10-20-17-14(18(21)22)7-4-8-15(17)19/h3-4,6-9,20H,5,10-11H2,1-2H3,(H,21,22). The van der Waals surface area contributed by atoms with Gasteiger partial charge in [0.25, 0.3) is 0 Å². The van der Waals surface area contributed by atoms with E-state index >= 15 is 0 Å². The molecule has 0 heterocycles. The lowest BCUT2D eigenvalue weighted by Crippen LogP contribution is -2.11. The Morgan fingerprint density at radius 1 is 1.22 bits per heavy atom. The van der Waals surface area contributed by atoms with E-state index in [0.717, 1.165) is 17.7 Å². The molecule has 0 spiro atoms. The fraction of sp³-hybridized carbons (Fsp3) is 0.278. The highest BCUT2D eigenvalue weighted by Gasteiger charge is 2.12. The summed E-state index contributed by atoms with van der Waals surface area (Å²) in [6.07, 6.45) is 0.734. The van der Waals surface area contributed by atoms with E-state index in [9.17, 15) is 9.90 Å². The Morgan fingerprint density at radius 3 is 2.70 bits per heavy atom. The van der Waals surface area contributed by atoms with Crippen LogP contribution in [0.5, 0.6) is 5.75 Å². The Bertz CT molecular complexity index is 701. The molecule has 0 bridgehead atoms. The van der Waals surface area contributed by atoms with E-state index in [1.165, 1.54) is 11.6 Å². The highest BCUT2D eigenvalue weighted by atomic mass is 35.5. The third kappa shape index (κ3) is 4.39. The van der Waals surface area contributed by atoms with E-state index in [1.54, 1.807) is 12.1 Å². The number of carboxylic acids is 1. The van der Waals surface area contributed by atoms with Crippen LogP contribution in [-0.4, -0.2) is 24.2 Å². The zero-order chi connectivity index (χ0) is 16.8. The van der Waals surface area contributed by atoms with E-state index in [-0.39, 0.29) is 5.56 Å². The van der Waals surface area contributed by atoms with Gasteiger partial charge < -0.3 is 15.2 Å². The van der Waals surface area contributed by atoms with Crippen LogP contribution in [0, 0.1) is 13.8 Å². The van der Waals surface area contributed by atoms with Crippen LogP contribution in [0.15, 0.2) is 36.4 Å². The molecule has 0 aliphatic heterocycles. The Hall–Kier alpha value is -2.20. The monoisotopic (exact) mass is 333 g/mol. The molecule has 0 aromatic heterocycles. The minimum absolute atomic E-state index is 0.174. The summed E-state index contributed by atoms with van der Waals surface area (Å²) in [5.74, 6) is -0.115. The van der Waals surface area contributed by atoms with Gasteiger partial charge >= 0.3 is 5.97 Å². The molecule has 0 fully saturated rings. The lowest BCUT2D eigenvalue weighted by molar-refractivity contribution is 0.0698. The summed E-state index contributed by atoms with van der Waals surface area (Å²) in [6.45, 7) is 5.21. The van der Waals surface area contributed by atoms with Crippen molar-refractivity contribution in [3.63, 3.8) is 0 Å². The SMILES string of the molecule is Cc1cccc(OCCCNc2c(Cl)cccc2C(=O)O)c1C. The molecule has 4 nitrogen and oxygen atoms in total. The highest BCUT2D eigenvalue weighted by Crippen LogP contribution is 2.26. The van der Waals surface area contributed by atoms with Crippen LogP contribution < -0.4 is 10.1 Å². The number of halogens is 1. The van der Waals surface area contributed by atoms with Crippen molar-refractivity contribution in [2.75, 3.05) is 18.5 Å². The average molecular weight is 334 g/mol. The number of carbonyl (C=O) groups is 1. The van der Waals surface area contributed by atoms with Gasteiger partial charge in [-0.05, 0) is 49.6 Å². The van der Waals surface area contributed by atoms with Crippen LogP contribution in [0.2, 0.25) is 5.02 Å². The van der Waals surface area contributed by atoms with Crippen molar-refractivity contribution in [3.8, 4) is 5.75 Å². The number of hydrogen-bond donors (Lipinski definition) is 2. The smallest absolute Gasteiger partial charge is 0.337 e. The number of hydrogen-bond acceptors (Lipinski definition) is 3. The minimum Gasteiger partial charge on any atom is -0.493 e. The summed E-state index contributed by atoms with van der Waals surface area (Å²) in [4.78, 5) is 11.2. The van der Waals surface area contributed by atoms with Crippen molar-refractivity contribution in [1.29, 1.82) is 0 Å². The second-order valence-electron chi connectivity index (χ2n) is 5.29. The molecule has 0 radical (unpaired) electrons. The maximum atomic E-state index is 11.2. The summed E-state index contributed by atoms with van der Waals surface area (Å²) in [5, 5.41) is 12.7. The minimum atomic E-state index is -0.998. The topological polar surface area (TPSA) is 58.6 Å². The van der Waals surface area contributed by atoms with Crippen molar-refractivity contribution >= 4 is 23.3 Å². The molecule has 122 valence electrons. The summed E-state index contributed by atoms with van der Waals surface area (Å²) < 4.78 is 5.77. The molecule has 0 saturated heterocycles. The highest BCUT2D eigenvalue weighted by molar-refractivity contribution is 6.34. The molecule has 2 aromatic carbocycles. The molecule has 2 N–H and O–H groups in total. The van der Waals surface area contributed by atoms with Gasteiger partial charge in [0.2, 0.25) is 0 Å². The summed E-state index contributed by atoms with van der Waals surface area (Å²) in [5.41, 5.74) is 2.96. The van der Waals surface area contributed by atoms with Crippen LogP contribution in [0.4, 0.5) is 5.69 Å². The molecular formula is C18H20ClNO3. The van der Waals surface area contributed by atoms with Crippen LogP contribution in [-0.2, 0) is 0 Å². The van der Waals surface area contributed by atoms with E-state index in [1.807, 2.05) is 19.1 Å². The number of aromatic carboxylic acids is 1. The first-order valence-corrected chi connectivity index (χ1v) is 7.83. The van der Waals surface area contributed by atoms with Crippen LogP contribution in [0.1, 0.15) is 27.9 Å². The predicted octanol–water partition coefficient (Wildman–Crippen LogP) is 4.54. The number of nitrogens with one attached hydrogen (secondary N) is 1. The molecule has 2 rings (SSSR count). The normalized spacial score (nSPS) is 10.4. The molecule has 2 aromatic rings. The zero-order valence-electron chi connectivity index (χ0n) is 13.2. The number of rotatable bonds is 7. The molecule has 23 heavy (non-hydrogen) atoms. The average Bonchev–Trinajstić information content (AvgIpc) is 2.52. The summed E-state index contributed by atoms with van der Waals surface area (Å²) in [6, 6.07) is 10.8. The van der Waals surface area contributed by atoms with Gasteiger partial charge in [-0.1, -0.05) is 29.8 Å². The first-order valence-electron chi connectivity index (χ1n) is 7.45. The summed E-state index contributed by atoms with van der Waals surface area (Å²) in [7, 11) is 0. The van der Waals surface area contributed by atoms with Gasteiger partial charge in [0, 0.05) is 6.54 Å². The molecule has 0 aliphatic rings. The first-order chi connectivity index (χ1) is 11.0. The van der Waals surface area contributed by atoms with Crippen molar-refractivity contribution < 1.29 is 14.6 Å². The van der Waals surface area contributed by atoms with E-state index < -0.39 is 5.97 Å². The van der Waals surface area contributed by atoms with Gasteiger partial charge in [-0.3, -0.25) is 0 Å². The number of benzene rings is 2. The Morgan fingerprint density at radius 2 is 1.96 bits per heavy atom. The molecule has 0 saturated carbocycles. The van der Waals surface area contributed by atoms with E-state index in [0.29, 0.717) is 23.9 Å². The largest absolute Gasteiger partial charge is 0.493 e. The quantitative estimate of drug-likeness (QED) is 0.730. The number of para-hydroxylation sites is 1. The lowest BCUT2D eigenvalue weighted by Gasteiger charge is -2.13. The lowest BCUT2D eigenvalue weighted by atomic mass is 10.1. The van der Waals surface area contributed by atoms with Gasteiger partial charge in [-0.25, -0.2) is 4.79 Å². The second-order valence-corrected chi connectivity index (χ2v) is 5.70. The zero-order valence-corrected chi connectivity index (χ0v) is 14.0. The van der Waals surface area contributed by atoms with E-state index in [2.05, 4.69) is 18.3 Å². The number of carboxylic acid groups (broad SMARTS) is 1. The Kier molecular flexibility index (Phi) is 5.88. The Labute approximate surface area is 141 Å². The van der Waals surface area contributed by atoms with E-state index in [4.69, 9.17) is 16.3 Å². The van der Waals surface area contributed by atoms with Crippen LogP contribution in [0.25, 0.3) is 0 Å².